The molecule has 1 aromatic carbocycles. The van der Waals surface area contributed by atoms with E-state index in [-0.39, 0.29) is 19.1 Å². The summed E-state index contributed by atoms with van der Waals surface area (Å²) in [5, 5.41) is 11.6. The van der Waals surface area contributed by atoms with Crippen LogP contribution in [-0.4, -0.2) is 42.2 Å². The molecule has 1 aliphatic heterocycles. The number of carboxylic acids is 1. The highest BCUT2D eigenvalue weighted by molar-refractivity contribution is 5.77. The first-order valence-corrected chi connectivity index (χ1v) is 6.59. The molecule has 1 aliphatic rings. The molecule has 1 heterocycles. The van der Waals surface area contributed by atoms with Crippen LogP contribution in [0.1, 0.15) is 12.0 Å². The van der Waals surface area contributed by atoms with Gasteiger partial charge >= 0.3 is 12.0 Å². The van der Waals surface area contributed by atoms with Gasteiger partial charge in [0.1, 0.15) is 11.6 Å². The molecule has 6 nitrogen and oxygen atoms in total. The molecule has 0 spiro atoms. The lowest BCUT2D eigenvalue weighted by molar-refractivity contribution is -0.141. The molecule has 114 valence electrons. The normalized spacial score (nSPS) is 17.6. The number of carbonyl (C=O) groups excluding carboxylic acids is 1. The number of likely N-dealkylation sites (tertiary alicyclic amines) is 1. The van der Waals surface area contributed by atoms with Gasteiger partial charge in [0.15, 0.2) is 0 Å². The van der Waals surface area contributed by atoms with Gasteiger partial charge in [0.25, 0.3) is 0 Å². The second-order valence-electron chi connectivity index (χ2n) is 4.88. The monoisotopic (exact) mass is 296 g/mol. The van der Waals surface area contributed by atoms with Gasteiger partial charge in [0.2, 0.25) is 0 Å². The maximum atomic E-state index is 13.2. The number of nitrogens with one attached hydrogen (secondary N) is 1. The second-order valence-corrected chi connectivity index (χ2v) is 4.88. The molecule has 21 heavy (non-hydrogen) atoms. The van der Waals surface area contributed by atoms with Gasteiger partial charge in [0.05, 0.1) is 13.0 Å². The predicted molar refractivity (Wildman–Crippen MR) is 72.5 cm³/mol. The van der Waals surface area contributed by atoms with Gasteiger partial charge in [-0.25, -0.2) is 9.18 Å². The first-order chi connectivity index (χ1) is 10.0. The van der Waals surface area contributed by atoms with Crippen LogP contribution in [0.5, 0.6) is 5.75 Å². The molecule has 7 heteroatoms. The molecule has 0 radical (unpaired) electrons. The lowest BCUT2D eigenvalue weighted by Crippen LogP contribution is -2.38. The van der Waals surface area contributed by atoms with Crippen LogP contribution in [0.25, 0.3) is 0 Å². The molecular weight excluding hydrogens is 279 g/mol. The maximum Gasteiger partial charge on any atom is 0.317 e. The van der Waals surface area contributed by atoms with Gasteiger partial charge in [-0.15, -0.1) is 0 Å². The first-order valence-electron chi connectivity index (χ1n) is 6.59. The molecule has 2 amide bonds. The lowest BCUT2D eigenvalue weighted by atomic mass is 10.1. The van der Waals surface area contributed by atoms with Crippen molar-refractivity contribution in [2.75, 3.05) is 20.2 Å². The summed E-state index contributed by atoms with van der Waals surface area (Å²) in [6.45, 7) is 0.721. The quantitative estimate of drug-likeness (QED) is 0.881. The number of rotatable bonds is 4. The Balaban J connectivity index is 1.93. The third kappa shape index (κ3) is 3.62. The van der Waals surface area contributed by atoms with E-state index in [1.807, 2.05) is 0 Å². The van der Waals surface area contributed by atoms with Gasteiger partial charge < -0.3 is 20.1 Å². The topological polar surface area (TPSA) is 78.9 Å². The van der Waals surface area contributed by atoms with E-state index >= 15 is 0 Å². The minimum Gasteiger partial charge on any atom is -0.496 e. The smallest absolute Gasteiger partial charge is 0.317 e. The third-order valence-corrected chi connectivity index (χ3v) is 3.50. The summed E-state index contributed by atoms with van der Waals surface area (Å²) < 4.78 is 18.3. The Hall–Kier alpha value is -2.31. The fourth-order valence-electron chi connectivity index (χ4n) is 2.31. The van der Waals surface area contributed by atoms with E-state index in [0.29, 0.717) is 24.3 Å². The van der Waals surface area contributed by atoms with Gasteiger partial charge in [0, 0.05) is 25.2 Å². The number of halogens is 1. The zero-order valence-electron chi connectivity index (χ0n) is 11.6. The molecule has 1 saturated heterocycles. The summed E-state index contributed by atoms with van der Waals surface area (Å²) in [5.41, 5.74) is 0.528. The van der Waals surface area contributed by atoms with Crippen LogP contribution < -0.4 is 10.1 Å². The van der Waals surface area contributed by atoms with Crippen molar-refractivity contribution in [3.8, 4) is 5.75 Å². The zero-order valence-corrected chi connectivity index (χ0v) is 11.6. The van der Waals surface area contributed by atoms with Gasteiger partial charge in [-0.3, -0.25) is 4.79 Å². The highest BCUT2D eigenvalue weighted by Crippen LogP contribution is 2.20. The molecular formula is C14H17FN2O4. The van der Waals surface area contributed by atoms with E-state index in [4.69, 9.17) is 9.84 Å². The summed E-state index contributed by atoms with van der Waals surface area (Å²) >= 11 is 0. The fraction of sp³-hybridized carbons (Fsp3) is 0.429. The van der Waals surface area contributed by atoms with Crippen LogP contribution in [0.2, 0.25) is 0 Å². The zero-order chi connectivity index (χ0) is 15.4. The molecule has 1 unspecified atom stereocenters. The highest BCUT2D eigenvalue weighted by Gasteiger charge is 2.30. The summed E-state index contributed by atoms with van der Waals surface area (Å²) in [5.74, 6) is -1.33. The number of hydrogen-bond acceptors (Lipinski definition) is 3. The summed E-state index contributed by atoms with van der Waals surface area (Å²) in [6.07, 6.45) is 0.450. The number of carboxylic acid groups (broad SMARTS) is 1. The standard InChI is InChI=1S/C14H17FN2O4/c1-21-12-3-2-11(15)6-10(12)7-16-14(20)17-5-4-9(8-17)13(18)19/h2-3,6,9H,4-5,7-8H2,1H3,(H,16,20)(H,18,19). The number of methoxy groups -OCH3 is 1. The molecule has 1 atom stereocenters. The Morgan fingerprint density at radius 2 is 2.29 bits per heavy atom. The summed E-state index contributed by atoms with van der Waals surface area (Å²) in [4.78, 5) is 24.3. The Kier molecular flexibility index (Phi) is 4.62. The lowest BCUT2D eigenvalue weighted by Gasteiger charge is -2.17. The fourth-order valence-corrected chi connectivity index (χ4v) is 2.31. The Morgan fingerprint density at radius 3 is 2.90 bits per heavy atom. The number of amides is 2. The van der Waals surface area contributed by atoms with Crippen LogP contribution in [0.4, 0.5) is 9.18 Å². The number of carbonyl (C=O) groups is 2. The molecule has 1 fully saturated rings. The number of benzene rings is 1. The summed E-state index contributed by atoms with van der Waals surface area (Å²) in [6, 6.07) is 3.71. The first kappa shape index (κ1) is 15.1. The molecule has 2 N–H and O–H groups in total. The maximum absolute atomic E-state index is 13.2. The second kappa shape index (κ2) is 6.43. The van der Waals surface area contributed by atoms with Gasteiger partial charge in [-0.1, -0.05) is 0 Å². The minimum atomic E-state index is -0.892. The van der Waals surface area contributed by atoms with E-state index in [1.54, 1.807) is 0 Å². The van der Waals surface area contributed by atoms with Crippen molar-refractivity contribution in [3.63, 3.8) is 0 Å². The number of hydrogen-bond donors (Lipinski definition) is 2. The van der Waals surface area contributed by atoms with Crippen molar-refractivity contribution in [1.29, 1.82) is 0 Å². The third-order valence-electron chi connectivity index (χ3n) is 3.50. The minimum absolute atomic E-state index is 0.119. The Labute approximate surface area is 121 Å². The van der Waals surface area contributed by atoms with Crippen molar-refractivity contribution in [3.05, 3.63) is 29.6 Å². The van der Waals surface area contributed by atoms with Crippen molar-refractivity contribution < 1.29 is 23.8 Å². The van der Waals surface area contributed by atoms with Gasteiger partial charge in [-0.05, 0) is 24.6 Å². The Morgan fingerprint density at radius 1 is 1.52 bits per heavy atom. The predicted octanol–water partition coefficient (Wildman–Crippen LogP) is 1.45. The molecule has 0 saturated carbocycles. The van der Waals surface area contributed by atoms with E-state index in [0.717, 1.165) is 0 Å². The molecule has 2 rings (SSSR count). The number of ether oxygens (including phenoxy) is 1. The Bertz CT molecular complexity index is 550. The molecule has 1 aromatic rings. The van der Waals surface area contributed by atoms with Crippen LogP contribution in [0.15, 0.2) is 18.2 Å². The summed E-state index contributed by atoms with van der Waals surface area (Å²) in [7, 11) is 1.47. The van der Waals surface area contributed by atoms with Crippen LogP contribution in [0.3, 0.4) is 0 Å². The number of aliphatic carboxylic acids is 1. The average molecular weight is 296 g/mol. The molecule has 0 bridgehead atoms. The largest absolute Gasteiger partial charge is 0.496 e. The van der Waals surface area contributed by atoms with Crippen molar-refractivity contribution in [2.24, 2.45) is 5.92 Å². The SMILES string of the molecule is COc1ccc(F)cc1CNC(=O)N1CCC(C(=O)O)C1. The highest BCUT2D eigenvalue weighted by atomic mass is 19.1. The van der Waals surface area contributed by atoms with Gasteiger partial charge in [-0.2, -0.15) is 0 Å². The van der Waals surface area contributed by atoms with Crippen molar-refractivity contribution in [1.82, 2.24) is 10.2 Å². The van der Waals surface area contributed by atoms with E-state index in [1.165, 1.54) is 30.2 Å². The number of nitrogens with zero attached hydrogens (tertiary/aromatic N) is 1. The molecule has 0 aromatic heterocycles. The van der Waals surface area contributed by atoms with E-state index in [9.17, 15) is 14.0 Å². The van der Waals surface area contributed by atoms with E-state index in [2.05, 4.69) is 5.32 Å². The van der Waals surface area contributed by atoms with E-state index < -0.39 is 17.7 Å². The van der Waals surface area contributed by atoms with Crippen LogP contribution in [0, 0.1) is 11.7 Å². The van der Waals surface area contributed by atoms with Crippen molar-refractivity contribution >= 4 is 12.0 Å². The average Bonchev–Trinajstić information content (AvgIpc) is 2.95. The van der Waals surface area contributed by atoms with Crippen LogP contribution in [-0.2, 0) is 11.3 Å². The number of urea groups is 1. The van der Waals surface area contributed by atoms with Crippen LogP contribution >= 0.6 is 0 Å². The molecule has 0 aliphatic carbocycles. The van der Waals surface area contributed by atoms with Crippen molar-refractivity contribution in [2.45, 2.75) is 13.0 Å².